The Kier molecular flexibility index (Phi) is 8.56. The lowest BCUT2D eigenvalue weighted by atomic mass is 9.85. The molecule has 0 unspecified atom stereocenters. The largest absolute Gasteiger partial charge is 0.247 e. The van der Waals surface area contributed by atoms with Crippen molar-refractivity contribution in [3.8, 4) is 67.5 Å². The molecule has 0 saturated carbocycles. The maximum atomic E-state index is 5.56. The molecule has 0 spiro atoms. The Labute approximate surface area is 348 Å². The third kappa shape index (κ3) is 6.00. The van der Waals surface area contributed by atoms with Gasteiger partial charge >= 0.3 is 0 Å². The molecule has 0 radical (unpaired) electrons. The summed E-state index contributed by atoms with van der Waals surface area (Å²) in [5, 5.41) is 7.06. The lowest BCUT2D eigenvalue weighted by Gasteiger charge is -2.21. The average Bonchev–Trinajstić information content (AvgIpc) is 3.33. The van der Waals surface area contributed by atoms with Gasteiger partial charge in [0.1, 0.15) is 0 Å². The molecule has 60 heavy (non-hydrogen) atoms. The normalized spacial score (nSPS) is 11.5. The van der Waals surface area contributed by atoms with Crippen molar-refractivity contribution in [3.05, 3.63) is 205 Å². The average molecular weight is 767 g/mol. The fourth-order valence-electron chi connectivity index (χ4n) is 8.95. The Hall–Kier alpha value is -7.82. The van der Waals surface area contributed by atoms with Crippen LogP contribution < -0.4 is 0 Å². The molecular formula is C56H38N4. The minimum atomic E-state index is 0.682. The van der Waals surface area contributed by atoms with Gasteiger partial charge in [0.15, 0.2) is 5.82 Å². The Morgan fingerprint density at radius 3 is 1.28 bits per heavy atom. The number of aromatic nitrogens is 4. The van der Waals surface area contributed by atoms with Crippen LogP contribution in [0.2, 0.25) is 0 Å². The number of nitrogens with zero attached hydrogens (tertiary/aromatic N) is 4. The molecule has 0 atom stereocenters. The molecular weight excluding hydrogens is 729 g/mol. The number of para-hydroxylation sites is 1. The van der Waals surface area contributed by atoms with Gasteiger partial charge in [-0.3, -0.25) is 0 Å². The van der Waals surface area contributed by atoms with Gasteiger partial charge in [0, 0.05) is 49.4 Å². The molecule has 0 fully saturated rings. The summed E-state index contributed by atoms with van der Waals surface area (Å²) in [6, 6.07) is 67.8. The van der Waals surface area contributed by atoms with E-state index in [-0.39, 0.29) is 0 Å². The third-order valence-electron chi connectivity index (χ3n) is 11.8. The van der Waals surface area contributed by atoms with E-state index in [9.17, 15) is 0 Å². The highest BCUT2D eigenvalue weighted by molar-refractivity contribution is 6.25. The Morgan fingerprint density at radius 1 is 0.283 bits per heavy atom. The van der Waals surface area contributed by atoms with Crippen LogP contribution in [0.3, 0.4) is 0 Å². The molecule has 3 aromatic heterocycles. The summed E-state index contributed by atoms with van der Waals surface area (Å²) in [6.07, 6.45) is 0. The Bertz CT molecular complexity index is 3360. The minimum absolute atomic E-state index is 0.682. The van der Waals surface area contributed by atoms with Gasteiger partial charge in [-0.25, -0.2) is 19.9 Å². The molecule has 3 heterocycles. The summed E-state index contributed by atoms with van der Waals surface area (Å²) < 4.78 is 0. The van der Waals surface area contributed by atoms with Crippen molar-refractivity contribution < 1.29 is 0 Å². The summed E-state index contributed by atoms with van der Waals surface area (Å²) in [5.74, 6) is 0.682. The van der Waals surface area contributed by atoms with Crippen LogP contribution in [-0.2, 0) is 0 Å². The highest BCUT2D eigenvalue weighted by atomic mass is 14.9. The number of fused-ring (bicyclic) bond motifs is 6. The van der Waals surface area contributed by atoms with E-state index < -0.39 is 0 Å². The lowest BCUT2D eigenvalue weighted by molar-refractivity contribution is 1.18. The van der Waals surface area contributed by atoms with Crippen molar-refractivity contribution in [2.45, 2.75) is 13.8 Å². The van der Waals surface area contributed by atoms with Crippen LogP contribution in [0.5, 0.6) is 0 Å². The summed E-state index contributed by atoms with van der Waals surface area (Å²) >= 11 is 0. The molecule has 0 bridgehead atoms. The van der Waals surface area contributed by atoms with Crippen LogP contribution in [0.25, 0.3) is 111 Å². The summed E-state index contributed by atoms with van der Waals surface area (Å²) in [6.45, 7) is 4.54. The molecule has 0 N–H and O–H groups in total. The van der Waals surface area contributed by atoms with Gasteiger partial charge in [-0.2, -0.15) is 0 Å². The fourth-order valence-corrected chi connectivity index (χ4v) is 8.95. The van der Waals surface area contributed by atoms with Crippen molar-refractivity contribution in [1.82, 2.24) is 19.9 Å². The van der Waals surface area contributed by atoms with E-state index in [1.807, 2.05) is 36.4 Å². The lowest BCUT2D eigenvalue weighted by Crippen LogP contribution is -1.99. The van der Waals surface area contributed by atoms with Gasteiger partial charge in [-0.05, 0) is 71.1 Å². The molecule has 4 nitrogen and oxygen atoms in total. The summed E-state index contributed by atoms with van der Waals surface area (Å²) in [4.78, 5) is 21.2. The summed E-state index contributed by atoms with van der Waals surface area (Å²) in [7, 11) is 0. The first-order valence-electron chi connectivity index (χ1n) is 20.4. The molecule has 282 valence electrons. The molecule has 0 amide bonds. The Morgan fingerprint density at radius 2 is 0.717 bits per heavy atom. The number of benzene rings is 8. The number of rotatable bonds is 6. The van der Waals surface area contributed by atoms with E-state index in [4.69, 9.17) is 19.9 Å². The van der Waals surface area contributed by atoms with E-state index in [2.05, 4.69) is 172 Å². The monoisotopic (exact) mass is 766 g/mol. The topological polar surface area (TPSA) is 51.6 Å². The van der Waals surface area contributed by atoms with Crippen LogP contribution in [0, 0.1) is 13.8 Å². The predicted octanol–water partition coefficient (Wildman–Crippen LogP) is 14.5. The zero-order chi connectivity index (χ0) is 40.2. The van der Waals surface area contributed by atoms with Gasteiger partial charge in [0.25, 0.3) is 0 Å². The number of pyridine rings is 2. The Balaban J connectivity index is 1.14. The number of hydrogen-bond acceptors (Lipinski definition) is 4. The van der Waals surface area contributed by atoms with Gasteiger partial charge in [0.05, 0.1) is 33.8 Å². The van der Waals surface area contributed by atoms with Crippen LogP contribution in [0.15, 0.2) is 194 Å². The SMILES string of the molecule is Cc1c2c(-c3ccccc3)nc3cc(-c4cccc(-c5nc(-c6ccccc6)cc(-c6ccccc6)n5)c4)ccc3c2c(C)c2c(-c3ccccc3)nc3ccccc3c12. The maximum absolute atomic E-state index is 5.56. The van der Waals surface area contributed by atoms with E-state index in [1.165, 1.54) is 32.7 Å². The highest BCUT2D eigenvalue weighted by Crippen LogP contribution is 2.46. The van der Waals surface area contributed by atoms with Gasteiger partial charge in [-0.1, -0.05) is 170 Å². The summed E-state index contributed by atoms with van der Waals surface area (Å²) in [5.41, 5.74) is 15.5. The molecule has 0 aliphatic carbocycles. The van der Waals surface area contributed by atoms with Crippen LogP contribution in [-0.4, -0.2) is 19.9 Å². The van der Waals surface area contributed by atoms with Crippen LogP contribution in [0.4, 0.5) is 0 Å². The quantitative estimate of drug-likeness (QED) is 0.125. The van der Waals surface area contributed by atoms with Crippen molar-refractivity contribution in [2.24, 2.45) is 0 Å². The molecule has 0 aliphatic rings. The van der Waals surface area contributed by atoms with E-state index in [0.29, 0.717) is 5.82 Å². The third-order valence-corrected chi connectivity index (χ3v) is 11.8. The van der Waals surface area contributed by atoms with Gasteiger partial charge < -0.3 is 0 Å². The van der Waals surface area contributed by atoms with Crippen molar-refractivity contribution in [2.75, 3.05) is 0 Å². The second kappa shape index (κ2) is 14.5. The molecule has 4 heteroatoms. The molecule has 0 aliphatic heterocycles. The molecule has 11 rings (SSSR count). The first-order chi connectivity index (χ1) is 29.6. The van der Waals surface area contributed by atoms with E-state index in [0.717, 1.165) is 83.5 Å². The second-order valence-corrected chi connectivity index (χ2v) is 15.4. The second-order valence-electron chi connectivity index (χ2n) is 15.4. The fraction of sp³-hybridized carbons (Fsp3) is 0.0357. The van der Waals surface area contributed by atoms with E-state index >= 15 is 0 Å². The van der Waals surface area contributed by atoms with Crippen molar-refractivity contribution >= 4 is 43.4 Å². The van der Waals surface area contributed by atoms with Crippen LogP contribution in [0.1, 0.15) is 11.1 Å². The maximum Gasteiger partial charge on any atom is 0.160 e. The molecule has 0 saturated heterocycles. The van der Waals surface area contributed by atoms with E-state index in [1.54, 1.807) is 0 Å². The predicted molar refractivity (Wildman–Crippen MR) is 250 cm³/mol. The first-order valence-corrected chi connectivity index (χ1v) is 20.4. The molecule has 11 aromatic rings. The smallest absolute Gasteiger partial charge is 0.160 e. The standard InChI is InChI=1S/C56H38N4/c1-35-50-44-28-15-16-29-46(44)57-54(39-22-11-5-12-23-39)52(50)36(2)51-45-31-30-42(33-49(45)58-55(53(35)51)40-24-13-6-14-25-40)41-26-17-27-43(32-41)56-59-47(37-18-7-3-8-19-37)34-48(60-56)38-20-9-4-10-21-38/h3-34H,1-2H3. The first kappa shape index (κ1) is 35.4. The highest BCUT2D eigenvalue weighted by Gasteiger charge is 2.23. The van der Waals surface area contributed by atoms with Gasteiger partial charge in [-0.15, -0.1) is 0 Å². The minimum Gasteiger partial charge on any atom is -0.247 e. The zero-order valence-electron chi connectivity index (χ0n) is 33.3. The van der Waals surface area contributed by atoms with Crippen LogP contribution >= 0.6 is 0 Å². The number of aryl methyl sites for hydroxylation is 2. The molecule has 8 aromatic carbocycles. The zero-order valence-corrected chi connectivity index (χ0v) is 33.3. The van der Waals surface area contributed by atoms with Gasteiger partial charge in [0.2, 0.25) is 0 Å². The van der Waals surface area contributed by atoms with Crippen molar-refractivity contribution in [1.29, 1.82) is 0 Å². The van der Waals surface area contributed by atoms with Crippen molar-refractivity contribution in [3.63, 3.8) is 0 Å². The number of hydrogen-bond donors (Lipinski definition) is 0.